The van der Waals surface area contributed by atoms with E-state index in [2.05, 4.69) is 11.3 Å². The molecule has 0 N–H and O–H groups in total. The number of carbonyl (C=O) groups is 1. The van der Waals surface area contributed by atoms with E-state index in [0.717, 1.165) is 6.92 Å². The van der Waals surface area contributed by atoms with Crippen LogP contribution >= 0.6 is 0 Å². The fraction of sp³-hybridized carbons (Fsp3) is 0.571. The molecule has 0 saturated carbocycles. The van der Waals surface area contributed by atoms with Gasteiger partial charge in [0, 0.05) is 0 Å². The van der Waals surface area contributed by atoms with Crippen molar-refractivity contribution in [1.29, 1.82) is 0 Å². The van der Waals surface area contributed by atoms with E-state index in [-0.39, 0.29) is 58.0 Å². The van der Waals surface area contributed by atoms with Crippen LogP contribution in [0.1, 0.15) is 13.3 Å². The minimum Gasteiger partial charge on any atom is -0.748 e. The quantitative estimate of drug-likeness (QED) is 0.224. The Kier molecular flexibility index (Phi) is 9.77. The maximum absolute atomic E-state index is 10.8. The second-order valence-electron chi connectivity index (χ2n) is 2.48. The number of rotatable bonds is 5. The molecule has 0 aromatic heterocycles. The molecule has 0 spiro atoms. The van der Waals surface area contributed by atoms with Crippen LogP contribution in [0.5, 0.6) is 0 Å². The van der Waals surface area contributed by atoms with E-state index in [1.165, 1.54) is 6.08 Å². The van der Waals surface area contributed by atoms with Crippen LogP contribution in [0.2, 0.25) is 0 Å². The van der Waals surface area contributed by atoms with Crippen molar-refractivity contribution in [2.75, 3.05) is 6.61 Å². The van der Waals surface area contributed by atoms with Gasteiger partial charge in [0.25, 0.3) is 0 Å². The van der Waals surface area contributed by atoms with Crippen LogP contribution in [0, 0.1) is 0 Å². The molecule has 76 valence electrons. The predicted octanol–water partition coefficient (Wildman–Crippen LogP) is -2.96. The molecule has 0 amide bonds. The zero-order chi connectivity index (χ0) is 10.5. The average Bonchev–Trinajstić information content (AvgIpc) is 1.99. The summed E-state index contributed by atoms with van der Waals surface area (Å²) < 4.78 is 35.6. The number of esters is 1. The van der Waals surface area contributed by atoms with Gasteiger partial charge in [0.2, 0.25) is 0 Å². The van der Waals surface area contributed by atoms with Gasteiger partial charge in [-0.1, -0.05) is 12.7 Å². The summed E-state index contributed by atoms with van der Waals surface area (Å²) in [5, 5.41) is -1.25. The third-order valence-electron chi connectivity index (χ3n) is 1.31. The average molecular weight is 246 g/mol. The Morgan fingerprint density at radius 3 is 2.50 bits per heavy atom. The van der Waals surface area contributed by atoms with Crippen molar-refractivity contribution in [3.8, 4) is 0 Å². The van der Waals surface area contributed by atoms with Gasteiger partial charge >= 0.3 is 57.4 Å². The van der Waals surface area contributed by atoms with Crippen molar-refractivity contribution in [3.63, 3.8) is 0 Å². The Morgan fingerprint density at radius 2 is 2.14 bits per heavy atom. The van der Waals surface area contributed by atoms with E-state index in [4.69, 9.17) is 0 Å². The summed E-state index contributed by atoms with van der Waals surface area (Å²) in [5.41, 5.74) is 0. The van der Waals surface area contributed by atoms with Crippen LogP contribution in [-0.2, 0) is 19.6 Å². The SMILES string of the molecule is C=CCOC(=O)CC(C)S(=O)(=O)[O-].[K+]. The van der Waals surface area contributed by atoms with E-state index in [0.29, 0.717) is 0 Å². The second-order valence-corrected chi connectivity index (χ2v) is 4.27. The van der Waals surface area contributed by atoms with Gasteiger partial charge in [0.05, 0.1) is 21.8 Å². The van der Waals surface area contributed by atoms with Crippen LogP contribution in [0.4, 0.5) is 0 Å². The van der Waals surface area contributed by atoms with Crippen LogP contribution in [0.25, 0.3) is 0 Å². The van der Waals surface area contributed by atoms with E-state index in [1.54, 1.807) is 0 Å². The maximum Gasteiger partial charge on any atom is 1.00 e. The number of hydrogen-bond donors (Lipinski definition) is 0. The maximum atomic E-state index is 10.8. The molecule has 7 heteroatoms. The minimum atomic E-state index is -4.40. The van der Waals surface area contributed by atoms with Gasteiger partial charge < -0.3 is 9.29 Å². The fourth-order valence-corrected chi connectivity index (χ4v) is 0.888. The standard InChI is InChI=1S/C7H12O5S.K/c1-3-4-12-7(8)5-6(2)13(9,10)11;/h3,6H,1,4-5H2,2H3,(H,9,10,11);/q;+1/p-1. The largest absolute Gasteiger partial charge is 1.00 e. The summed E-state index contributed by atoms with van der Waals surface area (Å²) in [7, 11) is -4.40. The van der Waals surface area contributed by atoms with Gasteiger partial charge in [0.1, 0.15) is 6.61 Å². The molecule has 0 aromatic rings. The van der Waals surface area contributed by atoms with E-state index >= 15 is 0 Å². The molecular formula is C7H11KO5S. The van der Waals surface area contributed by atoms with Gasteiger partial charge in [-0.2, -0.15) is 0 Å². The monoisotopic (exact) mass is 246 g/mol. The molecule has 0 radical (unpaired) electrons. The molecule has 5 nitrogen and oxygen atoms in total. The number of ether oxygens (including phenoxy) is 1. The van der Waals surface area contributed by atoms with Crippen LogP contribution < -0.4 is 51.4 Å². The fourth-order valence-electron chi connectivity index (χ4n) is 0.548. The molecular weight excluding hydrogens is 235 g/mol. The van der Waals surface area contributed by atoms with Gasteiger partial charge in [-0.15, -0.1) is 0 Å². The topological polar surface area (TPSA) is 83.5 Å². The number of hydrogen-bond acceptors (Lipinski definition) is 5. The molecule has 0 saturated heterocycles. The third kappa shape index (κ3) is 8.10. The zero-order valence-corrected chi connectivity index (χ0v) is 12.2. The number of carbonyl (C=O) groups excluding carboxylic acids is 1. The molecule has 0 aromatic carbocycles. The van der Waals surface area contributed by atoms with Crippen molar-refractivity contribution in [1.82, 2.24) is 0 Å². The first-order valence-corrected chi connectivity index (χ1v) is 5.06. The van der Waals surface area contributed by atoms with Gasteiger partial charge in [-0.25, -0.2) is 8.42 Å². The third-order valence-corrected chi connectivity index (χ3v) is 2.46. The summed E-state index contributed by atoms with van der Waals surface area (Å²) >= 11 is 0. The van der Waals surface area contributed by atoms with E-state index in [9.17, 15) is 17.8 Å². The molecule has 0 fully saturated rings. The van der Waals surface area contributed by atoms with E-state index in [1.807, 2.05) is 0 Å². The summed E-state index contributed by atoms with van der Waals surface area (Å²) in [4.78, 5) is 10.8. The molecule has 0 rings (SSSR count). The normalized spacial score (nSPS) is 12.4. The van der Waals surface area contributed by atoms with Crippen molar-refractivity contribution >= 4 is 16.1 Å². The first-order valence-electron chi connectivity index (χ1n) is 3.59. The molecule has 1 unspecified atom stereocenters. The first kappa shape index (κ1) is 17.2. The Morgan fingerprint density at radius 1 is 1.64 bits per heavy atom. The Bertz CT molecular complexity index is 284. The van der Waals surface area contributed by atoms with E-state index < -0.39 is 27.8 Å². The van der Waals surface area contributed by atoms with Crippen LogP contribution in [0.15, 0.2) is 12.7 Å². The smallest absolute Gasteiger partial charge is 0.748 e. The molecule has 14 heavy (non-hydrogen) atoms. The van der Waals surface area contributed by atoms with Gasteiger partial charge in [0.15, 0.2) is 0 Å². The minimum absolute atomic E-state index is 0. The Balaban J connectivity index is 0. The molecule has 1 atom stereocenters. The van der Waals surface area contributed by atoms with Gasteiger partial charge in [-0.3, -0.25) is 4.79 Å². The molecule has 0 aliphatic carbocycles. The molecule has 0 aliphatic heterocycles. The predicted molar refractivity (Wildman–Crippen MR) is 44.9 cm³/mol. The van der Waals surface area contributed by atoms with Crippen molar-refractivity contribution in [2.24, 2.45) is 0 Å². The zero-order valence-electron chi connectivity index (χ0n) is 8.23. The van der Waals surface area contributed by atoms with Crippen LogP contribution in [0.3, 0.4) is 0 Å². The summed E-state index contributed by atoms with van der Waals surface area (Å²) in [6, 6.07) is 0. The van der Waals surface area contributed by atoms with Crippen molar-refractivity contribution in [3.05, 3.63) is 12.7 Å². The second kappa shape index (κ2) is 7.97. The van der Waals surface area contributed by atoms with Crippen molar-refractivity contribution < 1.29 is 73.9 Å². The molecule has 0 aliphatic rings. The Labute approximate surface area is 126 Å². The van der Waals surface area contributed by atoms with Crippen LogP contribution in [-0.4, -0.2) is 30.8 Å². The van der Waals surface area contributed by atoms with Crippen molar-refractivity contribution in [2.45, 2.75) is 18.6 Å². The summed E-state index contributed by atoms with van der Waals surface area (Å²) in [6.45, 7) is 4.49. The summed E-state index contributed by atoms with van der Waals surface area (Å²) in [5.74, 6) is -0.716. The Hall–Kier alpha value is 0.756. The first-order chi connectivity index (χ1) is 5.88. The van der Waals surface area contributed by atoms with Gasteiger partial charge in [-0.05, 0) is 6.92 Å². The summed E-state index contributed by atoms with van der Waals surface area (Å²) in [6.07, 6.45) is 0.938. The molecule has 0 heterocycles. The molecule has 0 bridgehead atoms.